The molecular formula is C10H16N6O2S2. The number of nitrogens with one attached hydrogen (secondary N) is 2. The van der Waals surface area contributed by atoms with E-state index in [1.165, 1.54) is 23.7 Å². The van der Waals surface area contributed by atoms with Gasteiger partial charge in [-0.25, -0.2) is 8.42 Å². The van der Waals surface area contributed by atoms with Crippen molar-refractivity contribution in [1.29, 1.82) is 0 Å². The normalized spacial score (nSPS) is 11.7. The Kier molecular flexibility index (Phi) is 4.68. The number of sulfonamides is 1. The zero-order chi connectivity index (χ0) is 14.6. The summed E-state index contributed by atoms with van der Waals surface area (Å²) in [4.78, 5) is 0.113. The van der Waals surface area contributed by atoms with Crippen molar-refractivity contribution in [2.45, 2.75) is 25.3 Å². The van der Waals surface area contributed by atoms with Crippen molar-refractivity contribution in [3.63, 3.8) is 0 Å². The first kappa shape index (κ1) is 14.9. The predicted molar refractivity (Wildman–Crippen MR) is 76.2 cm³/mol. The summed E-state index contributed by atoms with van der Waals surface area (Å²) in [7, 11) is -3.66. The Morgan fingerprint density at radius 2 is 2.20 bits per heavy atom. The Labute approximate surface area is 121 Å². The summed E-state index contributed by atoms with van der Waals surface area (Å²) in [5, 5.41) is 15.6. The molecule has 8 nitrogen and oxygen atoms in total. The monoisotopic (exact) mass is 316 g/mol. The van der Waals surface area contributed by atoms with E-state index in [0.717, 1.165) is 13.1 Å². The molecule has 0 radical (unpaired) electrons. The molecule has 0 fully saturated rings. The van der Waals surface area contributed by atoms with Gasteiger partial charge < -0.3 is 5.32 Å². The zero-order valence-electron chi connectivity index (χ0n) is 11.2. The van der Waals surface area contributed by atoms with E-state index in [-0.39, 0.29) is 10.0 Å². The topological polar surface area (TPSA) is 102 Å². The molecule has 10 heteroatoms. The lowest BCUT2D eigenvalue weighted by molar-refractivity contribution is 0.564. The zero-order valence-corrected chi connectivity index (χ0v) is 12.8. The highest BCUT2D eigenvalue weighted by Gasteiger charge is 2.18. The van der Waals surface area contributed by atoms with Crippen LogP contribution in [0, 0.1) is 6.92 Å². The molecule has 2 aromatic rings. The second kappa shape index (κ2) is 6.29. The smallest absolute Gasteiger partial charge is 0.266 e. The van der Waals surface area contributed by atoms with Crippen LogP contribution in [0.5, 0.6) is 0 Å². The van der Waals surface area contributed by atoms with Crippen LogP contribution in [0.25, 0.3) is 0 Å². The van der Waals surface area contributed by atoms with E-state index in [0.29, 0.717) is 11.6 Å². The standard InChI is InChI=1S/C10H16N6O2S2/c1-3-11-4-5-16-7-9(6-12-16)20(17,18)15-10-14-13-8(2)19-10/h6-7,11H,3-5H2,1-2H3,(H,14,15). The summed E-state index contributed by atoms with van der Waals surface area (Å²) < 4.78 is 28.2. The molecule has 0 amide bonds. The maximum Gasteiger partial charge on any atom is 0.266 e. The Balaban J connectivity index is 2.06. The van der Waals surface area contributed by atoms with E-state index in [9.17, 15) is 8.42 Å². The summed E-state index contributed by atoms with van der Waals surface area (Å²) in [5.74, 6) is 0. The Hall–Kier alpha value is -1.52. The van der Waals surface area contributed by atoms with Crippen LogP contribution in [0.15, 0.2) is 17.3 Å². The molecule has 0 aliphatic carbocycles. The molecule has 0 unspecified atom stereocenters. The van der Waals surface area contributed by atoms with Gasteiger partial charge in [-0.3, -0.25) is 9.40 Å². The molecule has 0 atom stereocenters. The van der Waals surface area contributed by atoms with Crippen LogP contribution in [0.3, 0.4) is 0 Å². The molecule has 20 heavy (non-hydrogen) atoms. The molecule has 0 bridgehead atoms. The fraction of sp³-hybridized carbons (Fsp3) is 0.500. The van der Waals surface area contributed by atoms with Gasteiger partial charge in [-0.15, -0.1) is 10.2 Å². The molecular weight excluding hydrogens is 300 g/mol. The van der Waals surface area contributed by atoms with Gasteiger partial charge in [-0.05, 0) is 13.5 Å². The minimum atomic E-state index is -3.66. The summed E-state index contributed by atoms with van der Waals surface area (Å²) >= 11 is 1.18. The van der Waals surface area contributed by atoms with Gasteiger partial charge in [0.25, 0.3) is 10.0 Å². The highest BCUT2D eigenvalue weighted by Crippen LogP contribution is 2.18. The van der Waals surface area contributed by atoms with Gasteiger partial charge in [0.2, 0.25) is 5.13 Å². The van der Waals surface area contributed by atoms with Crippen molar-refractivity contribution in [1.82, 2.24) is 25.3 Å². The number of anilines is 1. The second-order valence-electron chi connectivity index (χ2n) is 4.02. The molecule has 0 aliphatic rings. The van der Waals surface area contributed by atoms with Crippen molar-refractivity contribution < 1.29 is 8.42 Å². The lowest BCUT2D eigenvalue weighted by Crippen LogP contribution is -2.19. The quantitative estimate of drug-likeness (QED) is 0.719. The van der Waals surface area contributed by atoms with Crippen LogP contribution >= 0.6 is 11.3 Å². The molecule has 0 saturated carbocycles. The number of hydrogen-bond acceptors (Lipinski definition) is 7. The second-order valence-corrected chi connectivity index (χ2v) is 6.89. The summed E-state index contributed by atoms with van der Waals surface area (Å²) in [6, 6.07) is 0. The van der Waals surface area contributed by atoms with Gasteiger partial charge in [0.1, 0.15) is 9.90 Å². The summed E-state index contributed by atoms with van der Waals surface area (Å²) in [5.41, 5.74) is 0. The first-order valence-electron chi connectivity index (χ1n) is 6.07. The van der Waals surface area contributed by atoms with Crippen LogP contribution < -0.4 is 10.0 Å². The van der Waals surface area contributed by atoms with Gasteiger partial charge in [0, 0.05) is 12.7 Å². The third-order valence-electron chi connectivity index (χ3n) is 2.44. The highest BCUT2D eigenvalue weighted by atomic mass is 32.2. The third-order valence-corrected chi connectivity index (χ3v) is 4.61. The van der Waals surface area contributed by atoms with Crippen LogP contribution in [-0.4, -0.2) is 41.5 Å². The number of likely N-dealkylation sites (N-methyl/N-ethyl adjacent to an activating group) is 1. The molecule has 2 rings (SSSR count). The fourth-order valence-electron chi connectivity index (χ4n) is 1.49. The lowest BCUT2D eigenvalue weighted by Gasteiger charge is -2.02. The predicted octanol–water partition coefficient (Wildman–Crippen LogP) is 0.453. The molecule has 110 valence electrons. The third kappa shape index (κ3) is 3.74. The first-order chi connectivity index (χ1) is 9.51. The maximum atomic E-state index is 12.1. The fourth-order valence-corrected chi connectivity index (χ4v) is 3.26. The number of aromatic nitrogens is 4. The minimum Gasteiger partial charge on any atom is -0.315 e. The lowest BCUT2D eigenvalue weighted by atomic mass is 10.6. The summed E-state index contributed by atoms with van der Waals surface area (Å²) in [6.07, 6.45) is 2.82. The maximum absolute atomic E-state index is 12.1. The van der Waals surface area contributed by atoms with Crippen molar-refractivity contribution in [3.8, 4) is 0 Å². The van der Waals surface area contributed by atoms with Crippen molar-refractivity contribution >= 4 is 26.5 Å². The van der Waals surface area contributed by atoms with Gasteiger partial charge in [0.05, 0.1) is 12.7 Å². The van der Waals surface area contributed by atoms with Gasteiger partial charge in [-0.1, -0.05) is 18.3 Å². The molecule has 2 N–H and O–H groups in total. The molecule has 0 saturated heterocycles. The van der Waals surface area contributed by atoms with E-state index >= 15 is 0 Å². The first-order valence-corrected chi connectivity index (χ1v) is 8.37. The van der Waals surface area contributed by atoms with Crippen molar-refractivity contribution in [2.75, 3.05) is 17.8 Å². The average Bonchev–Trinajstić information content (AvgIpc) is 2.99. The van der Waals surface area contributed by atoms with E-state index < -0.39 is 10.0 Å². The molecule has 0 spiro atoms. The Morgan fingerprint density at radius 3 is 2.85 bits per heavy atom. The Bertz CT molecular complexity index is 663. The van der Waals surface area contributed by atoms with Crippen LogP contribution in [-0.2, 0) is 16.6 Å². The van der Waals surface area contributed by atoms with Gasteiger partial charge in [0.15, 0.2) is 0 Å². The summed E-state index contributed by atoms with van der Waals surface area (Å²) in [6.45, 7) is 5.98. The molecule has 0 aromatic carbocycles. The molecule has 0 aliphatic heterocycles. The van der Waals surface area contributed by atoms with E-state index in [1.807, 2.05) is 6.92 Å². The van der Waals surface area contributed by atoms with E-state index in [1.54, 1.807) is 11.6 Å². The van der Waals surface area contributed by atoms with Crippen LogP contribution in [0.1, 0.15) is 11.9 Å². The van der Waals surface area contributed by atoms with Gasteiger partial charge >= 0.3 is 0 Å². The number of aryl methyl sites for hydroxylation is 1. The van der Waals surface area contributed by atoms with E-state index in [4.69, 9.17) is 0 Å². The molecule has 2 aromatic heterocycles. The number of hydrogen-bond donors (Lipinski definition) is 2. The van der Waals surface area contributed by atoms with Crippen LogP contribution in [0.2, 0.25) is 0 Å². The van der Waals surface area contributed by atoms with Crippen molar-refractivity contribution in [3.05, 3.63) is 17.4 Å². The van der Waals surface area contributed by atoms with Gasteiger partial charge in [-0.2, -0.15) is 5.10 Å². The van der Waals surface area contributed by atoms with Crippen molar-refractivity contribution in [2.24, 2.45) is 0 Å². The van der Waals surface area contributed by atoms with E-state index in [2.05, 4.69) is 25.3 Å². The number of rotatable bonds is 7. The minimum absolute atomic E-state index is 0.113. The highest BCUT2D eigenvalue weighted by molar-refractivity contribution is 7.93. The number of nitrogens with zero attached hydrogens (tertiary/aromatic N) is 4. The molecule has 2 heterocycles. The largest absolute Gasteiger partial charge is 0.315 e. The van der Waals surface area contributed by atoms with Crippen LogP contribution in [0.4, 0.5) is 5.13 Å². The SMILES string of the molecule is CCNCCn1cc(S(=O)(=O)Nc2nnc(C)s2)cn1. The average molecular weight is 316 g/mol. The Morgan fingerprint density at radius 1 is 1.40 bits per heavy atom.